The average Bonchev–Trinajstić information content (AvgIpc) is 3.54. The van der Waals surface area contributed by atoms with E-state index in [1.54, 1.807) is 34.5 Å². The van der Waals surface area contributed by atoms with Gasteiger partial charge in [0.2, 0.25) is 0 Å². The fraction of sp³-hybridized carbons (Fsp3) is 0.0400. The van der Waals surface area contributed by atoms with Crippen LogP contribution in [-0.2, 0) is 16.6 Å². The van der Waals surface area contributed by atoms with Gasteiger partial charge in [0.05, 0.1) is 17.1 Å². The Morgan fingerprint density at radius 2 is 1.81 bits per heavy atom. The molecule has 0 spiro atoms. The Labute approximate surface area is 215 Å². The Bertz CT molecular complexity index is 1610. The number of nitrogens with zero attached hydrogens (tertiary/aromatic N) is 3. The van der Waals surface area contributed by atoms with Crippen molar-refractivity contribution in [2.45, 2.75) is 11.4 Å². The second-order valence-electron chi connectivity index (χ2n) is 7.64. The highest BCUT2D eigenvalue weighted by Gasteiger charge is 2.20. The van der Waals surface area contributed by atoms with E-state index in [2.05, 4.69) is 14.8 Å². The first-order valence-electron chi connectivity index (χ1n) is 10.6. The number of hydrogen-bond donors (Lipinski definition) is 1. The maximum absolute atomic E-state index is 15.0. The molecule has 0 atom stereocenters. The van der Waals surface area contributed by atoms with Crippen LogP contribution in [0.2, 0.25) is 5.02 Å². The third kappa shape index (κ3) is 5.25. The van der Waals surface area contributed by atoms with Crippen LogP contribution in [-0.4, -0.2) is 23.2 Å². The van der Waals surface area contributed by atoms with Gasteiger partial charge in [0, 0.05) is 28.4 Å². The lowest BCUT2D eigenvalue weighted by molar-refractivity contribution is 0.441. The minimum atomic E-state index is -4.01. The smallest absolute Gasteiger partial charge is 0.263 e. The summed E-state index contributed by atoms with van der Waals surface area (Å²) in [5.74, 6) is -0.638. The molecule has 0 aliphatic heterocycles. The lowest BCUT2D eigenvalue weighted by atomic mass is 10.1. The van der Waals surface area contributed by atoms with Gasteiger partial charge < -0.3 is 4.74 Å². The molecule has 1 N–H and O–H groups in total. The van der Waals surface area contributed by atoms with Crippen molar-refractivity contribution >= 4 is 38.1 Å². The van der Waals surface area contributed by atoms with Gasteiger partial charge in [0.25, 0.3) is 10.0 Å². The van der Waals surface area contributed by atoms with Gasteiger partial charge in [-0.15, -0.1) is 11.3 Å². The highest BCUT2D eigenvalue weighted by Crippen LogP contribution is 2.37. The summed E-state index contributed by atoms with van der Waals surface area (Å²) in [4.78, 5) is 3.64. The van der Waals surface area contributed by atoms with E-state index in [1.165, 1.54) is 18.3 Å². The van der Waals surface area contributed by atoms with Gasteiger partial charge in [-0.2, -0.15) is 5.10 Å². The van der Waals surface area contributed by atoms with Crippen LogP contribution in [0.25, 0.3) is 11.3 Å². The summed E-state index contributed by atoms with van der Waals surface area (Å²) >= 11 is 7.39. The second kappa shape index (κ2) is 10.1. The number of sulfonamides is 1. The molecule has 5 aromatic rings. The number of halogens is 2. The third-order valence-corrected chi connectivity index (χ3v) is 7.59. The van der Waals surface area contributed by atoms with Crippen LogP contribution in [0.15, 0.2) is 95.5 Å². The topological polar surface area (TPSA) is 86.1 Å². The maximum Gasteiger partial charge on any atom is 0.263 e. The van der Waals surface area contributed by atoms with E-state index in [1.807, 2.05) is 36.4 Å². The Morgan fingerprint density at radius 1 is 1.00 bits per heavy atom. The SMILES string of the molecule is O=S(=O)(Nc1nccs1)c1ccc(Oc2ccc(Cl)cc2-c2ccnn2Cc2ccccc2)c(F)c1. The van der Waals surface area contributed by atoms with E-state index in [0.29, 0.717) is 22.9 Å². The minimum Gasteiger partial charge on any atom is -0.454 e. The molecule has 36 heavy (non-hydrogen) atoms. The number of benzene rings is 3. The quantitative estimate of drug-likeness (QED) is 0.245. The standard InChI is InChI=1S/C25H18ClFN4O3S2/c26-18-6-8-23(20(14-18)22-10-11-29-31(22)16-17-4-2-1-3-5-17)34-24-9-7-19(15-21(24)27)36(32,33)30-25-28-12-13-35-25/h1-15H,16H2,(H,28,30). The molecule has 0 aliphatic rings. The molecule has 7 nitrogen and oxygen atoms in total. The predicted octanol–water partition coefficient (Wildman–Crippen LogP) is 6.44. The highest BCUT2D eigenvalue weighted by atomic mass is 35.5. The molecule has 0 saturated carbocycles. The van der Waals surface area contributed by atoms with Crippen LogP contribution in [0.3, 0.4) is 0 Å². The van der Waals surface area contributed by atoms with Crippen molar-refractivity contribution in [2.24, 2.45) is 0 Å². The fourth-order valence-corrected chi connectivity index (χ4v) is 5.51. The van der Waals surface area contributed by atoms with E-state index in [-0.39, 0.29) is 15.8 Å². The van der Waals surface area contributed by atoms with Crippen LogP contribution < -0.4 is 9.46 Å². The summed E-state index contributed by atoms with van der Waals surface area (Å²) in [5.41, 5.74) is 2.39. The monoisotopic (exact) mass is 540 g/mol. The number of ether oxygens (including phenoxy) is 1. The van der Waals surface area contributed by atoms with Gasteiger partial charge in [-0.25, -0.2) is 17.8 Å². The lowest BCUT2D eigenvalue weighted by Crippen LogP contribution is -2.13. The number of aromatic nitrogens is 3. The van der Waals surface area contributed by atoms with Gasteiger partial charge in [0.1, 0.15) is 5.75 Å². The molecule has 0 aliphatic carbocycles. The van der Waals surface area contributed by atoms with Crippen LogP contribution >= 0.6 is 22.9 Å². The van der Waals surface area contributed by atoms with E-state index < -0.39 is 15.8 Å². The lowest BCUT2D eigenvalue weighted by Gasteiger charge is -2.15. The minimum absolute atomic E-state index is 0.138. The normalized spacial score (nSPS) is 11.4. The zero-order valence-corrected chi connectivity index (χ0v) is 20.9. The average molecular weight is 541 g/mol. The predicted molar refractivity (Wildman–Crippen MR) is 138 cm³/mol. The largest absolute Gasteiger partial charge is 0.454 e. The van der Waals surface area contributed by atoms with Crippen LogP contribution in [0.4, 0.5) is 9.52 Å². The summed E-state index contributed by atoms with van der Waals surface area (Å²) in [6, 6.07) is 20.1. The summed E-state index contributed by atoms with van der Waals surface area (Å²) in [7, 11) is -4.01. The zero-order valence-electron chi connectivity index (χ0n) is 18.5. The molecule has 0 radical (unpaired) electrons. The van der Waals surface area contributed by atoms with Crippen LogP contribution in [0.1, 0.15) is 5.56 Å². The first kappa shape index (κ1) is 24.0. The number of hydrogen-bond acceptors (Lipinski definition) is 6. The van der Waals surface area contributed by atoms with Crippen molar-refractivity contribution < 1.29 is 17.5 Å². The third-order valence-electron chi connectivity index (χ3n) is 5.20. The number of thiazole rings is 1. The molecule has 182 valence electrons. The molecule has 5 rings (SSSR count). The van der Waals surface area contributed by atoms with Crippen molar-refractivity contribution in [3.63, 3.8) is 0 Å². The molecule has 0 bridgehead atoms. The molecule has 11 heteroatoms. The maximum atomic E-state index is 15.0. The van der Waals surface area contributed by atoms with Gasteiger partial charge in [0.15, 0.2) is 16.7 Å². The van der Waals surface area contributed by atoms with Gasteiger partial charge in [-0.1, -0.05) is 41.9 Å². The Kier molecular flexibility index (Phi) is 6.73. The van der Waals surface area contributed by atoms with Crippen molar-refractivity contribution in [3.8, 4) is 22.8 Å². The molecule has 0 unspecified atom stereocenters. The molecule has 0 fully saturated rings. The highest BCUT2D eigenvalue weighted by molar-refractivity contribution is 7.93. The molecule has 3 aromatic carbocycles. The van der Waals surface area contributed by atoms with Crippen molar-refractivity contribution in [1.82, 2.24) is 14.8 Å². The summed E-state index contributed by atoms with van der Waals surface area (Å²) in [5, 5.41) is 6.71. The molecule has 0 amide bonds. The van der Waals surface area contributed by atoms with E-state index >= 15 is 0 Å². The Balaban J connectivity index is 1.44. The zero-order chi connectivity index (χ0) is 25.1. The van der Waals surface area contributed by atoms with Gasteiger partial charge >= 0.3 is 0 Å². The van der Waals surface area contributed by atoms with E-state index in [4.69, 9.17) is 16.3 Å². The summed E-state index contributed by atoms with van der Waals surface area (Å²) in [6.07, 6.45) is 3.13. The van der Waals surface area contributed by atoms with E-state index in [9.17, 15) is 12.8 Å². The van der Waals surface area contributed by atoms with Crippen molar-refractivity contribution in [2.75, 3.05) is 4.72 Å². The second-order valence-corrected chi connectivity index (χ2v) is 10.7. The first-order chi connectivity index (χ1) is 17.4. The van der Waals surface area contributed by atoms with Gasteiger partial charge in [-0.3, -0.25) is 9.40 Å². The molecule has 2 heterocycles. The Hall–Kier alpha value is -3.73. The number of anilines is 1. The van der Waals surface area contributed by atoms with Crippen LogP contribution in [0.5, 0.6) is 11.5 Å². The van der Waals surface area contributed by atoms with Crippen molar-refractivity contribution in [1.29, 1.82) is 0 Å². The molecule has 0 saturated heterocycles. The fourth-order valence-electron chi connectivity index (χ4n) is 3.53. The molecular weight excluding hydrogens is 523 g/mol. The number of rotatable bonds is 8. The summed E-state index contributed by atoms with van der Waals surface area (Å²) < 4.78 is 50.2. The van der Waals surface area contributed by atoms with Crippen LogP contribution in [0, 0.1) is 5.82 Å². The van der Waals surface area contributed by atoms with E-state index in [0.717, 1.165) is 28.7 Å². The van der Waals surface area contributed by atoms with Gasteiger partial charge in [-0.05, 0) is 48.0 Å². The Morgan fingerprint density at radius 3 is 2.56 bits per heavy atom. The number of nitrogens with one attached hydrogen (secondary N) is 1. The van der Waals surface area contributed by atoms with Crippen molar-refractivity contribution in [3.05, 3.63) is 107 Å². The summed E-state index contributed by atoms with van der Waals surface area (Å²) in [6.45, 7) is 0.516. The molecule has 2 aromatic heterocycles. The first-order valence-corrected chi connectivity index (χ1v) is 13.4. The molecular formula is C25H18ClFN4O3S2.